The third kappa shape index (κ3) is 2.35. The number of alkyl halides is 3. The number of carbonyl (C=O) groups is 2. The van der Waals surface area contributed by atoms with Gasteiger partial charge in [0.15, 0.2) is 0 Å². The molecule has 1 aromatic carbocycles. The minimum atomic E-state index is -5.20. The molecule has 1 aromatic rings. The first-order valence-electron chi connectivity index (χ1n) is 11.3. The Labute approximate surface area is 195 Å². The SMILES string of the molecule is C/C=C1/CN2CC[C@@]34c5ccccc5N(C)C23[C@@H](O)C[C@@H]1C4(COC(=O)C(F)(F)F)C(=O)OC. The number of hydrogen-bond donors (Lipinski definition) is 1. The molecule has 10 heteroatoms. The first-order valence-corrected chi connectivity index (χ1v) is 11.3. The standard InChI is InChI=1S/C24H27F3N2O5/c1-4-14-12-29-10-9-22-15-7-5-6-8-17(15)28(2)23(22,29)18(30)11-16(14)21(22,19(31)33-3)13-34-20(32)24(25,26)27/h4-8,16,18,30H,9-13H2,1-3H3/b14-4-/t16-,18-,21?,22-,23?/m0/s1. The van der Waals surface area contributed by atoms with Gasteiger partial charge in [-0.05, 0) is 31.4 Å². The van der Waals surface area contributed by atoms with Crippen molar-refractivity contribution in [3.8, 4) is 0 Å². The fourth-order valence-corrected chi connectivity index (χ4v) is 7.80. The van der Waals surface area contributed by atoms with Gasteiger partial charge in [0.05, 0.1) is 18.6 Å². The molecule has 6 rings (SSSR count). The van der Waals surface area contributed by atoms with Crippen LogP contribution in [0.15, 0.2) is 35.9 Å². The van der Waals surface area contributed by atoms with Gasteiger partial charge in [-0.2, -0.15) is 13.2 Å². The molecule has 5 aliphatic rings. The molecule has 6 atom stereocenters. The van der Waals surface area contributed by atoms with E-state index in [0.717, 1.165) is 16.8 Å². The smallest absolute Gasteiger partial charge is 0.468 e. The maximum absolute atomic E-state index is 13.9. The molecule has 7 nitrogen and oxygen atoms in total. The summed E-state index contributed by atoms with van der Waals surface area (Å²) in [5.74, 6) is -3.77. The number of allylic oxidation sites excluding steroid dienone is 1. The van der Waals surface area contributed by atoms with E-state index < -0.39 is 53.2 Å². The summed E-state index contributed by atoms with van der Waals surface area (Å²) in [5, 5.41) is 11.7. The number of para-hydroxylation sites is 1. The Bertz CT molecular complexity index is 1090. The Hall–Kier alpha value is -2.59. The lowest BCUT2D eigenvalue weighted by molar-refractivity contribution is -0.215. The minimum absolute atomic E-state index is 0.120. The van der Waals surface area contributed by atoms with Crippen LogP contribution in [0.2, 0.25) is 0 Å². The number of benzene rings is 1. The number of anilines is 1. The molecule has 4 fully saturated rings. The van der Waals surface area contributed by atoms with E-state index in [9.17, 15) is 27.9 Å². The van der Waals surface area contributed by atoms with Gasteiger partial charge < -0.3 is 19.5 Å². The third-order valence-electron chi connectivity index (χ3n) is 8.79. The number of rotatable bonds is 3. The van der Waals surface area contributed by atoms with E-state index in [1.165, 1.54) is 7.11 Å². The van der Waals surface area contributed by atoms with Crippen LogP contribution in [-0.4, -0.2) is 73.7 Å². The van der Waals surface area contributed by atoms with E-state index in [1.54, 1.807) is 0 Å². The summed E-state index contributed by atoms with van der Waals surface area (Å²) in [6, 6.07) is 7.39. The molecular formula is C24H27F3N2O5. The zero-order valence-corrected chi connectivity index (χ0v) is 19.2. The van der Waals surface area contributed by atoms with Gasteiger partial charge in [-0.1, -0.05) is 29.8 Å². The number of aliphatic hydroxyl groups is 1. The van der Waals surface area contributed by atoms with Gasteiger partial charge in [0.25, 0.3) is 0 Å². The van der Waals surface area contributed by atoms with Crippen LogP contribution in [0.3, 0.4) is 0 Å². The Kier molecular flexibility index (Phi) is 4.91. The van der Waals surface area contributed by atoms with E-state index in [4.69, 9.17) is 9.47 Å². The molecule has 1 spiro atoms. The molecule has 4 aliphatic heterocycles. The van der Waals surface area contributed by atoms with Crippen molar-refractivity contribution in [2.24, 2.45) is 11.3 Å². The summed E-state index contributed by atoms with van der Waals surface area (Å²) >= 11 is 0. The van der Waals surface area contributed by atoms with Gasteiger partial charge in [0.1, 0.15) is 17.7 Å². The van der Waals surface area contributed by atoms with Crippen molar-refractivity contribution in [3.05, 3.63) is 41.5 Å². The van der Waals surface area contributed by atoms with Crippen molar-refractivity contribution in [1.29, 1.82) is 0 Å². The minimum Gasteiger partial charge on any atom is -0.468 e. The first-order chi connectivity index (χ1) is 16.0. The summed E-state index contributed by atoms with van der Waals surface area (Å²) < 4.78 is 49.7. The van der Waals surface area contributed by atoms with Crippen molar-refractivity contribution >= 4 is 17.6 Å². The summed E-state index contributed by atoms with van der Waals surface area (Å²) in [4.78, 5) is 29.8. The van der Waals surface area contributed by atoms with Crippen molar-refractivity contribution < 1.29 is 37.3 Å². The maximum Gasteiger partial charge on any atom is 0.490 e. The van der Waals surface area contributed by atoms with Gasteiger partial charge >= 0.3 is 18.1 Å². The largest absolute Gasteiger partial charge is 0.490 e. The second kappa shape index (κ2) is 7.21. The molecule has 1 saturated carbocycles. The Balaban J connectivity index is 1.85. The van der Waals surface area contributed by atoms with Crippen LogP contribution in [0.4, 0.5) is 18.9 Å². The number of aliphatic hydroxyl groups excluding tert-OH is 1. The normalized spacial score (nSPS) is 39.0. The molecule has 34 heavy (non-hydrogen) atoms. The van der Waals surface area contributed by atoms with Crippen LogP contribution in [0.1, 0.15) is 25.3 Å². The number of likely N-dealkylation sites (N-methyl/N-ethyl adjacent to an activating group) is 1. The molecule has 1 N–H and O–H groups in total. The predicted molar refractivity (Wildman–Crippen MR) is 115 cm³/mol. The van der Waals surface area contributed by atoms with Gasteiger partial charge in [-0.3, -0.25) is 9.69 Å². The molecular weight excluding hydrogens is 453 g/mol. The third-order valence-corrected chi connectivity index (χ3v) is 8.79. The molecule has 4 bridgehead atoms. The molecule has 0 aromatic heterocycles. The van der Waals surface area contributed by atoms with Crippen LogP contribution < -0.4 is 4.90 Å². The number of carbonyl (C=O) groups excluding carboxylic acids is 2. The highest BCUT2D eigenvalue weighted by molar-refractivity contribution is 5.87. The summed E-state index contributed by atoms with van der Waals surface area (Å²) in [6.45, 7) is 1.95. The highest BCUT2D eigenvalue weighted by atomic mass is 19.4. The van der Waals surface area contributed by atoms with Crippen molar-refractivity contribution in [3.63, 3.8) is 0 Å². The summed E-state index contributed by atoms with van der Waals surface area (Å²) in [7, 11) is 3.04. The number of methoxy groups -OCH3 is 1. The van der Waals surface area contributed by atoms with Crippen LogP contribution in [0.25, 0.3) is 0 Å². The van der Waals surface area contributed by atoms with Crippen molar-refractivity contribution in [1.82, 2.24) is 4.90 Å². The van der Waals surface area contributed by atoms with Crippen molar-refractivity contribution in [2.75, 3.05) is 38.8 Å². The topological polar surface area (TPSA) is 79.3 Å². The summed E-state index contributed by atoms with van der Waals surface area (Å²) in [6.07, 6.45) is -3.76. The van der Waals surface area contributed by atoms with Crippen molar-refractivity contribution in [2.45, 2.75) is 43.1 Å². The van der Waals surface area contributed by atoms with E-state index in [1.807, 2.05) is 49.2 Å². The fourth-order valence-electron chi connectivity index (χ4n) is 7.80. The average Bonchev–Trinajstić information content (AvgIpc) is 3.20. The van der Waals surface area contributed by atoms with Crippen LogP contribution in [0, 0.1) is 11.3 Å². The number of ether oxygens (including phenoxy) is 2. The molecule has 3 saturated heterocycles. The predicted octanol–water partition coefficient (Wildman–Crippen LogP) is 2.38. The van der Waals surface area contributed by atoms with Gasteiger partial charge in [-0.15, -0.1) is 0 Å². The zero-order chi connectivity index (χ0) is 24.7. The average molecular weight is 480 g/mol. The van der Waals surface area contributed by atoms with Gasteiger partial charge in [-0.25, -0.2) is 4.79 Å². The molecule has 1 aliphatic carbocycles. The highest BCUT2D eigenvalue weighted by Crippen LogP contribution is 2.74. The number of nitrogens with zero attached hydrogens (tertiary/aromatic N) is 2. The Morgan fingerprint density at radius 1 is 1.29 bits per heavy atom. The number of fused-ring (bicyclic) bond motifs is 3. The monoisotopic (exact) mass is 480 g/mol. The van der Waals surface area contributed by atoms with Crippen LogP contribution >= 0.6 is 0 Å². The second-order valence-corrected chi connectivity index (χ2v) is 9.58. The number of halogens is 3. The van der Waals surface area contributed by atoms with Crippen LogP contribution in [0.5, 0.6) is 0 Å². The van der Waals surface area contributed by atoms with Gasteiger partial charge in [0, 0.05) is 31.7 Å². The summed E-state index contributed by atoms with van der Waals surface area (Å²) in [5.41, 5.74) is -1.62. The lowest BCUT2D eigenvalue weighted by atomic mass is 9.45. The van der Waals surface area contributed by atoms with E-state index in [2.05, 4.69) is 4.90 Å². The lowest BCUT2D eigenvalue weighted by Crippen LogP contribution is -2.77. The maximum atomic E-state index is 13.9. The quantitative estimate of drug-likeness (QED) is 0.526. The highest BCUT2D eigenvalue weighted by Gasteiger charge is 2.84. The van der Waals surface area contributed by atoms with E-state index in [-0.39, 0.29) is 6.42 Å². The fraction of sp³-hybridized carbons (Fsp3) is 0.583. The lowest BCUT2D eigenvalue weighted by Gasteiger charge is -2.61. The van der Waals surface area contributed by atoms with Crippen LogP contribution in [-0.2, 0) is 24.5 Å². The molecule has 4 heterocycles. The molecule has 0 amide bonds. The zero-order valence-electron chi connectivity index (χ0n) is 19.2. The molecule has 184 valence electrons. The second-order valence-electron chi connectivity index (χ2n) is 9.58. The first kappa shape index (κ1) is 23.2. The van der Waals surface area contributed by atoms with Gasteiger partial charge in [0.2, 0.25) is 0 Å². The molecule has 3 unspecified atom stereocenters. The Morgan fingerprint density at radius 2 is 2.00 bits per heavy atom. The molecule has 0 radical (unpaired) electrons. The van der Waals surface area contributed by atoms with E-state index >= 15 is 0 Å². The number of esters is 2. The number of hydrogen-bond acceptors (Lipinski definition) is 7. The Morgan fingerprint density at radius 3 is 2.65 bits per heavy atom. The van der Waals surface area contributed by atoms with E-state index in [0.29, 0.717) is 19.5 Å².